The van der Waals surface area contributed by atoms with Crippen LogP contribution in [0.4, 0.5) is 0 Å². The SMILES string of the molecule is CCCOC(C(C)=O)c1ccsc1. The Kier molecular flexibility index (Phi) is 4.12. The van der Waals surface area contributed by atoms with Gasteiger partial charge >= 0.3 is 0 Å². The summed E-state index contributed by atoms with van der Waals surface area (Å²) >= 11 is 1.59. The summed E-state index contributed by atoms with van der Waals surface area (Å²) in [5.41, 5.74) is 0.978. The molecule has 0 radical (unpaired) electrons. The second kappa shape index (κ2) is 5.14. The number of ether oxygens (including phenoxy) is 1. The lowest BCUT2D eigenvalue weighted by Crippen LogP contribution is -2.12. The Morgan fingerprint density at radius 2 is 2.46 bits per heavy atom. The molecule has 2 nitrogen and oxygen atoms in total. The van der Waals surface area contributed by atoms with Crippen LogP contribution in [0.5, 0.6) is 0 Å². The molecule has 1 aromatic heterocycles. The smallest absolute Gasteiger partial charge is 0.163 e. The summed E-state index contributed by atoms with van der Waals surface area (Å²) in [4.78, 5) is 11.2. The topological polar surface area (TPSA) is 26.3 Å². The lowest BCUT2D eigenvalue weighted by Gasteiger charge is -2.12. The van der Waals surface area contributed by atoms with E-state index in [0.29, 0.717) is 6.61 Å². The fourth-order valence-corrected chi connectivity index (χ4v) is 1.78. The first-order chi connectivity index (χ1) is 6.25. The molecule has 0 N–H and O–H groups in total. The quantitative estimate of drug-likeness (QED) is 0.727. The molecule has 0 bridgehead atoms. The molecular formula is C10H14O2S. The van der Waals surface area contributed by atoms with Gasteiger partial charge in [-0.3, -0.25) is 4.79 Å². The third kappa shape index (κ3) is 2.94. The summed E-state index contributed by atoms with van der Waals surface area (Å²) in [6, 6.07) is 1.94. The van der Waals surface area contributed by atoms with E-state index in [-0.39, 0.29) is 11.9 Å². The minimum Gasteiger partial charge on any atom is -0.366 e. The molecule has 3 heteroatoms. The number of Topliss-reactive ketones (excluding diaryl/α,β-unsaturated/α-hetero) is 1. The molecule has 0 saturated heterocycles. The molecular weight excluding hydrogens is 184 g/mol. The lowest BCUT2D eigenvalue weighted by molar-refractivity contribution is -0.128. The molecule has 0 aliphatic rings. The zero-order chi connectivity index (χ0) is 9.68. The Balaban J connectivity index is 2.63. The molecule has 0 aromatic carbocycles. The molecule has 0 aliphatic carbocycles. The van der Waals surface area contributed by atoms with Crippen LogP contribution in [0, 0.1) is 0 Å². The summed E-state index contributed by atoms with van der Waals surface area (Å²) in [5, 5.41) is 3.92. The number of carbonyl (C=O) groups excluding carboxylic acids is 1. The Bertz CT molecular complexity index is 254. The maximum absolute atomic E-state index is 11.2. The van der Waals surface area contributed by atoms with Crippen LogP contribution in [-0.4, -0.2) is 12.4 Å². The van der Waals surface area contributed by atoms with Gasteiger partial charge in [-0.25, -0.2) is 0 Å². The molecule has 13 heavy (non-hydrogen) atoms. The molecule has 1 heterocycles. The highest BCUT2D eigenvalue weighted by atomic mass is 32.1. The molecule has 1 unspecified atom stereocenters. The van der Waals surface area contributed by atoms with Gasteiger partial charge in [0, 0.05) is 6.61 Å². The summed E-state index contributed by atoms with van der Waals surface area (Å²) in [7, 11) is 0. The van der Waals surface area contributed by atoms with Crippen molar-refractivity contribution in [3.05, 3.63) is 22.4 Å². The average molecular weight is 198 g/mol. The fourth-order valence-electron chi connectivity index (χ4n) is 1.11. The van der Waals surface area contributed by atoms with Gasteiger partial charge in [0.25, 0.3) is 0 Å². The van der Waals surface area contributed by atoms with Crippen molar-refractivity contribution < 1.29 is 9.53 Å². The van der Waals surface area contributed by atoms with Gasteiger partial charge in [0.15, 0.2) is 5.78 Å². The van der Waals surface area contributed by atoms with Gasteiger partial charge in [-0.1, -0.05) is 6.92 Å². The molecule has 0 spiro atoms. The molecule has 1 aromatic rings. The predicted molar refractivity (Wildman–Crippen MR) is 54.0 cm³/mol. The summed E-state index contributed by atoms with van der Waals surface area (Å²) in [6.45, 7) is 4.24. The highest BCUT2D eigenvalue weighted by Gasteiger charge is 2.16. The number of hydrogen-bond donors (Lipinski definition) is 0. The van der Waals surface area contributed by atoms with Crippen molar-refractivity contribution in [1.82, 2.24) is 0 Å². The normalized spacial score (nSPS) is 12.8. The molecule has 72 valence electrons. The molecule has 1 rings (SSSR count). The number of hydrogen-bond acceptors (Lipinski definition) is 3. The minimum absolute atomic E-state index is 0.0758. The summed E-state index contributed by atoms with van der Waals surface area (Å²) < 4.78 is 5.45. The van der Waals surface area contributed by atoms with Gasteiger partial charge < -0.3 is 4.74 Å². The van der Waals surface area contributed by atoms with Crippen LogP contribution in [-0.2, 0) is 9.53 Å². The van der Waals surface area contributed by atoms with E-state index < -0.39 is 0 Å². The molecule has 0 aliphatic heterocycles. The fraction of sp³-hybridized carbons (Fsp3) is 0.500. The first kappa shape index (κ1) is 10.4. The number of carbonyl (C=O) groups is 1. The van der Waals surface area contributed by atoms with Gasteiger partial charge in [0.2, 0.25) is 0 Å². The largest absolute Gasteiger partial charge is 0.366 e. The van der Waals surface area contributed by atoms with E-state index >= 15 is 0 Å². The van der Waals surface area contributed by atoms with E-state index in [1.807, 2.05) is 23.8 Å². The third-order valence-electron chi connectivity index (χ3n) is 1.70. The van der Waals surface area contributed by atoms with Crippen molar-refractivity contribution in [2.45, 2.75) is 26.4 Å². The van der Waals surface area contributed by atoms with E-state index in [4.69, 9.17) is 4.74 Å². The second-order valence-corrected chi connectivity index (χ2v) is 3.70. The van der Waals surface area contributed by atoms with Crippen LogP contribution in [0.2, 0.25) is 0 Å². The Morgan fingerprint density at radius 1 is 1.69 bits per heavy atom. The van der Waals surface area contributed by atoms with E-state index in [1.54, 1.807) is 18.3 Å². The number of ketones is 1. The van der Waals surface area contributed by atoms with Gasteiger partial charge in [0.05, 0.1) is 0 Å². The number of thiophene rings is 1. The third-order valence-corrected chi connectivity index (χ3v) is 2.41. The van der Waals surface area contributed by atoms with Gasteiger partial charge in [-0.15, -0.1) is 0 Å². The Labute approximate surface area is 82.5 Å². The van der Waals surface area contributed by atoms with Crippen molar-refractivity contribution in [3.63, 3.8) is 0 Å². The highest BCUT2D eigenvalue weighted by molar-refractivity contribution is 7.08. The van der Waals surface area contributed by atoms with Gasteiger partial charge in [-0.2, -0.15) is 11.3 Å². The molecule has 0 fully saturated rings. The standard InChI is InChI=1S/C10H14O2S/c1-3-5-12-10(8(2)11)9-4-6-13-7-9/h4,6-7,10H,3,5H2,1-2H3. The highest BCUT2D eigenvalue weighted by Crippen LogP contribution is 2.21. The zero-order valence-corrected chi connectivity index (χ0v) is 8.76. The van der Waals surface area contributed by atoms with Crippen LogP contribution in [0.15, 0.2) is 16.8 Å². The summed E-state index contributed by atoms with van der Waals surface area (Å²) in [5.74, 6) is 0.0758. The first-order valence-corrected chi connectivity index (χ1v) is 5.34. The van der Waals surface area contributed by atoms with Crippen molar-refractivity contribution >= 4 is 17.1 Å². The lowest BCUT2D eigenvalue weighted by atomic mass is 10.1. The van der Waals surface area contributed by atoms with Crippen molar-refractivity contribution in [1.29, 1.82) is 0 Å². The summed E-state index contributed by atoms with van der Waals surface area (Å²) in [6.07, 6.45) is 0.583. The van der Waals surface area contributed by atoms with E-state index in [0.717, 1.165) is 12.0 Å². The van der Waals surface area contributed by atoms with Crippen molar-refractivity contribution in [2.75, 3.05) is 6.61 Å². The van der Waals surface area contributed by atoms with Crippen LogP contribution in [0.3, 0.4) is 0 Å². The Hall–Kier alpha value is -0.670. The van der Waals surface area contributed by atoms with Crippen LogP contribution in [0.25, 0.3) is 0 Å². The molecule has 0 amide bonds. The Morgan fingerprint density at radius 3 is 2.92 bits per heavy atom. The number of rotatable bonds is 5. The average Bonchev–Trinajstić information content (AvgIpc) is 2.57. The maximum Gasteiger partial charge on any atom is 0.163 e. The van der Waals surface area contributed by atoms with E-state index in [9.17, 15) is 4.79 Å². The van der Waals surface area contributed by atoms with Crippen molar-refractivity contribution in [3.8, 4) is 0 Å². The maximum atomic E-state index is 11.2. The molecule has 0 saturated carbocycles. The van der Waals surface area contributed by atoms with Crippen LogP contribution < -0.4 is 0 Å². The molecule has 1 atom stereocenters. The van der Waals surface area contributed by atoms with Crippen LogP contribution in [0.1, 0.15) is 31.9 Å². The van der Waals surface area contributed by atoms with Crippen LogP contribution >= 0.6 is 11.3 Å². The predicted octanol–water partition coefficient (Wildman–Crippen LogP) is 2.80. The van der Waals surface area contributed by atoms with E-state index in [1.165, 1.54) is 0 Å². The monoisotopic (exact) mass is 198 g/mol. The van der Waals surface area contributed by atoms with Crippen molar-refractivity contribution in [2.24, 2.45) is 0 Å². The zero-order valence-electron chi connectivity index (χ0n) is 7.95. The van der Waals surface area contributed by atoms with Gasteiger partial charge in [0.1, 0.15) is 6.10 Å². The van der Waals surface area contributed by atoms with E-state index in [2.05, 4.69) is 0 Å². The van der Waals surface area contributed by atoms with Gasteiger partial charge in [-0.05, 0) is 35.7 Å². The first-order valence-electron chi connectivity index (χ1n) is 4.40. The minimum atomic E-state index is -0.355. The second-order valence-electron chi connectivity index (χ2n) is 2.92.